The van der Waals surface area contributed by atoms with E-state index in [1.54, 1.807) is 6.07 Å². The van der Waals surface area contributed by atoms with Gasteiger partial charge in [0.05, 0.1) is 18.0 Å². The summed E-state index contributed by atoms with van der Waals surface area (Å²) in [6, 6.07) is 7.04. The predicted octanol–water partition coefficient (Wildman–Crippen LogP) is 4.87. The van der Waals surface area contributed by atoms with Gasteiger partial charge < -0.3 is 8.94 Å². The largest absolute Gasteiger partial charge is 0.463 e. The van der Waals surface area contributed by atoms with Crippen molar-refractivity contribution < 1.29 is 30.5 Å². The van der Waals surface area contributed by atoms with Gasteiger partial charge in [0.2, 0.25) is 15.8 Å². The summed E-state index contributed by atoms with van der Waals surface area (Å²) in [6.45, 7) is 2.72. The zero-order chi connectivity index (χ0) is 22.8. The summed E-state index contributed by atoms with van der Waals surface area (Å²) in [5.41, 5.74) is -0.0760. The summed E-state index contributed by atoms with van der Waals surface area (Å²) < 4.78 is 75.7. The summed E-state index contributed by atoms with van der Waals surface area (Å²) >= 11 is 0.805. The van der Waals surface area contributed by atoms with Crippen LogP contribution in [0.5, 0.6) is 0 Å². The quantitative estimate of drug-likeness (QED) is 0.510. The van der Waals surface area contributed by atoms with Crippen molar-refractivity contribution >= 4 is 21.4 Å². The van der Waals surface area contributed by atoms with Gasteiger partial charge >= 0.3 is 6.18 Å². The molecule has 0 aromatic carbocycles. The van der Waals surface area contributed by atoms with Gasteiger partial charge in [-0.3, -0.25) is 4.90 Å². The number of aromatic nitrogens is 1. The number of likely N-dealkylation sites (tertiary alicyclic amines) is 1. The van der Waals surface area contributed by atoms with Gasteiger partial charge in [-0.25, -0.2) is 13.1 Å². The monoisotopic (exact) mass is 489 g/mol. The molecular formula is C20H22F3N3O4S2. The van der Waals surface area contributed by atoms with E-state index in [0.29, 0.717) is 12.3 Å². The molecule has 174 valence electrons. The standard InChI is InChI=1S/C20H22F3N3O4S2/c21-20(22,23)18-11-16(25-30-18)17-7-8-19(31-17)32(27,28)24-12-14-5-6-15(29-14)13-26-9-3-1-2-4-10-26/h5-8,11,24H,1-4,9-10,12-13H2. The van der Waals surface area contributed by atoms with E-state index in [0.717, 1.165) is 36.3 Å². The fourth-order valence-corrected chi connectivity index (χ4v) is 5.78. The first kappa shape index (κ1) is 23.0. The summed E-state index contributed by atoms with van der Waals surface area (Å²) in [6.07, 6.45) is 0.163. The first-order valence-electron chi connectivity index (χ1n) is 10.1. The van der Waals surface area contributed by atoms with Crippen molar-refractivity contribution in [2.45, 2.75) is 49.2 Å². The van der Waals surface area contributed by atoms with Crippen LogP contribution in [0.3, 0.4) is 0 Å². The third-order valence-electron chi connectivity index (χ3n) is 5.12. The number of sulfonamides is 1. The molecule has 1 aliphatic rings. The summed E-state index contributed by atoms with van der Waals surface area (Å²) in [7, 11) is -3.87. The molecule has 12 heteroatoms. The Morgan fingerprint density at radius 3 is 2.47 bits per heavy atom. The van der Waals surface area contributed by atoms with E-state index in [1.807, 2.05) is 6.07 Å². The smallest absolute Gasteiger partial charge is 0.452 e. The molecule has 0 unspecified atom stereocenters. The highest BCUT2D eigenvalue weighted by molar-refractivity contribution is 7.91. The Labute approximate surface area is 187 Å². The highest BCUT2D eigenvalue weighted by atomic mass is 32.2. The fraction of sp³-hybridized carbons (Fsp3) is 0.450. The summed E-state index contributed by atoms with van der Waals surface area (Å²) in [5.74, 6) is 0.0322. The van der Waals surface area contributed by atoms with E-state index in [2.05, 4.69) is 19.3 Å². The van der Waals surface area contributed by atoms with Gasteiger partial charge in [-0.05, 0) is 50.2 Å². The molecule has 1 N–H and O–H groups in total. The Hall–Kier alpha value is -2.15. The van der Waals surface area contributed by atoms with Crippen molar-refractivity contribution in [2.75, 3.05) is 13.1 Å². The SMILES string of the molecule is O=S(=O)(NCc1ccc(CN2CCCCCC2)o1)c1ccc(-c2cc(C(F)(F)F)on2)s1. The van der Waals surface area contributed by atoms with Crippen LogP contribution in [0.4, 0.5) is 13.2 Å². The van der Waals surface area contributed by atoms with Crippen LogP contribution in [0.2, 0.25) is 0 Å². The number of thiophene rings is 1. The number of nitrogens with zero attached hydrogens (tertiary/aromatic N) is 2. The number of nitrogens with one attached hydrogen (secondary N) is 1. The van der Waals surface area contributed by atoms with Crippen molar-refractivity contribution in [3.05, 3.63) is 47.6 Å². The van der Waals surface area contributed by atoms with Gasteiger partial charge in [-0.15, -0.1) is 11.3 Å². The Morgan fingerprint density at radius 2 is 1.78 bits per heavy atom. The molecule has 4 heterocycles. The minimum Gasteiger partial charge on any atom is -0.463 e. The molecule has 1 aliphatic heterocycles. The average Bonchev–Trinajstić information content (AvgIpc) is 3.45. The molecule has 0 aliphatic carbocycles. The third kappa shape index (κ3) is 5.61. The Morgan fingerprint density at radius 1 is 1.06 bits per heavy atom. The van der Waals surface area contributed by atoms with Gasteiger partial charge in [0.25, 0.3) is 0 Å². The van der Waals surface area contributed by atoms with Crippen molar-refractivity contribution in [2.24, 2.45) is 0 Å². The molecule has 3 aromatic rings. The number of alkyl halides is 3. The maximum absolute atomic E-state index is 12.7. The van der Waals surface area contributed by atoms with Crippen molar-refractivity contribution in [1.29, 1.82) is 0 Å². The third-order valence-corrected chi connectivity index (χ3v) is 8.12. The van der Waals surface area contributed by atoms with Crippen LogP contribution in [-0.2, 0) is 29.3 Å². The molecule has 0 amide bonds. The second-order valence-corrected chi connectivity index (χ2v) is 10.7. The molecule has 7 nitrogen and oxygen atoms in total. The molecule has 4 rings (SSSR count). The Bertz CT molecular complexity index is 1140. The van der Waals surface area contributed by atoms with Gasteiger partial charge in [-0.1, -0.05) is 18.0 Å². The van der Waals surface area contributed by atoms with Gasteiger partial charge in [0.1, 0.15) is 21.4 Å². The van der Waals surface area contributed by atoms with Gasteiger partial charge in [-0.2, -0.15) is 13.2 Å². The van der Waals surface area contributed by atoms with Crippen molar-refractivity contribution in [3.63, 3.8) is 0 Å². The minimum absolute atomic E-state index is 0.0300. The highest BCUT2D eigenvalue weighted by Gasteiger charge is 2.36. The second kappa shape index (κ2) is 9.38. The number of hydrogen-bond donors (Lipinski definition) is 1. The van der Waals surface area contributed by atoms with Gasteiger partial charge in [0.15, 0.2) is 0 Å². The molecule has 3 aromatic heterocycles. The molecule has 1 saturated heterocycles. The molecule has 32 heavy (non-hydrogen) atoms. The second-order valence-electron chi connectivity index (χ2n) is 7.58. The zero-order valence-corrected chi connectivity index (χ0v) is 18.7. The molecule has 0 spiro atoms. The fourth-order valence-electron chi connectivity index (χ4n) is 3.48. The highest BCUT2D eigenvalue weighted by Crippen LogP contribution is 2.35. The van der Waals surface area contributed by atoms with E-state index in [9.17, 15) is 21.6 Å². The molecule has 0 bridgehead atoms. The predicted molar refractivity (Wildman–Crippen MR) is 111 cm³/mol. The van der Waals surface area contributed by atoms with Crippen molar-refractivity contribution in [1.82, 2.24) is 14.8 Å². The number of rotatable bonds is 7. The van der Waals surface area contributed by atoms with Crippen LogP contribution in [0.25, 0.3) is 10.6 Å². The molecule has 0 saturated carbocycles. The number of furan rings is 1. The summed E-state index contributed by atoms with van der Waals surface area (Å²) in [5, 5.41) is 3.38. The van der Waals surface area contributed by atoms with Gasteiger partial charge in [0, 0.05) is 6.07 Å². The number of halogens is 3. The van der Waals surface area contributed by atoms with Crippen LogP contribution in [0, 0.1) is 0 Å². The van der Waals surface area contributed by atoms with E-state index >= 15 is 0 Å². The van der Waals surface area contributed by atoms with Crippen LogP contribution >= 0.6 is 11.3 Å². The lowest BCUT2D eigenvalue weighted by atomic mass is 10.2. The van der Waals surface area contributed by atoms with E-state index in [4.69, 9.17) is 4.42 Å². The topological polar surface area (TPSA) is 88.6 Å². The minimum atomic E-state index is -4.66. The number of hydrogen-bond acceptors (Lipinski definition) is 7. The molecule has 1 fully saturated rings. The maximum Gasteiger partial charge on any atom is 0.452 e. The van der Waals surface area contributed by atoms with Crippen LogP contribution in [-0.4, -0.2) is 31.6 Å². The average molecular weight is 490 g/mol. The van der Waals surface area contributed by atoms with E-state index in [-0.39, 0.29) is 21.3 Å². The van der Waals surface area contributed by atoms with Crippen molar-refractivity contribution in [3.8, 4) is 10.6 Å². The molecule has 0 atom stereocenters. The van der Waals surface area contributed by atoms with Crippen LogP contribution in [0.15, 0.2) is 43.5 Å². The molecular weight excluding hydrogens is 467 g/mol. The summed E-state index contributed by atoms with van der Waals surface area (Å²) in [4.78, 5) is 2.59. The zero-order valence-electron chi connectivity index (χ0n) is 17.0. The Kier molecular flexibility index (Phi) is 6.75. The van der Waals surface area contributed by atoms with E-state index < -0.39 is 22.0 Å². The molecule has 0 radical (unpaired) electrons. The Balaban J connectivity index is 1.37. The lowest BCUT2D eigenvalue weighted by Gasteiger charge is -2.17. The lowest BCUT2D eigenvalue weighted by molar-refractivity contribution is -0.155. The van der Waals surface area contributed by atoms with Crippen LogP contribution < -0.4 is 4.72 Å². The first-order chi connectivity index (χ1) is 15.2. The van der Waals surface area contributed by atoms with Crippen LogP contribution in [0.1, 0.15) is 43.0 Å². The normalized spacial score (nSPS) is 16.3. The lowest BCUT2D eigenvalue weighted by Crippen LogP contribution is -2.23. The van der Waals surface area contributed by atoms with E-state index in [1.165, 1.54) is 37.8 Å². The first-order valence-corrected chi connectivity index (χ1v) is 12.4. The maximum atomic E-state index is 12.7.